The van der Waals surface area contributed by atoms with Crippen molar-refractivity contribution in [2.24, 2.45) is 5.92 Å². The van der Waals surface area contributed by atoms with E-state index in [0.29, 0.717) is 12.0 Å². The van der Waals surface area contributed by atoms with E-state index >= 15 is 0 Å². The first-order valence-corrected chi connectivity index (χ1v) is 8.19. The predicted octanol–water partition coefficient (Wildman–Crippen LogP) is 2.40. The van der Waals surface area contributed by atoms with Crippen molar-refractivity contribution in [3.8, 4) is 0 Å². The zero-order valence-electron chi connectivity index (χ0n) is 13.9. The van der Waals surface area contributed by atoms with Gasteiger partial charge < -0.3 is 19.7 Å². The van der Waals surface area contributed by atoms with Gasteiger partial charge in [-0.25, -0.2) is 4.79 Å². The summed E-state index contributed by atoms with van der Waals surface area (Å²) in [4.78, 5) is 13.9. The largest absolute Gasteiger partial charge is 0.444 e. The first kappa shape index (κ1) is 16.6. The Labute approximate surface area is 128 Å². The highest BCUT2D eigenvalue weighted by molar-refractivity contribution is 5.68. The van der Waals surface area contributed by atoms with Crippen LogP contribution in [0.2, 0.25) is 0 Å². The second kappa shape index (κ2) is 6.97. The summed E-state index contributed by atoms with van der Waals surface area (Å²) < 4.78 is 11.7. The third-order valence-electron chi connectivity index (χ3n) is 4.13. The maximum atomic E-state index is 12.1. The van der Waals surface area contributed by atoms with Gasteiger partial charge in [0.15, 0.2) is 0 Å². The lowest BCUT2D eigenvalue weighted by atomic mass is 9.96. The smallest absolute Gasteiger partial charge is 0.410 e. The Bertz CT molecular complexity index is 348. The van der Waals surface area contributed by atoms with Crippen molar-refractivity contribution in [1.82, 2.24) is 10.2 Å². The highest BCUT2D eigenvalue weighted by Gasteiger charge is 2.33. The third kappa shape index (κ3) is 5.15. The van der Waals surface area contributed by atoms with Crippen LogP contribution in [0.1, 0.15) is 47.0 Å². The second-order valence-electron chi connectivity index (χ2n) is 7.32. The number of nitrogens with one attached hydrogen (secondary N) is 1. The third-order valence-corrected chi connectivity index (χ3v) is 4.13. The molecule has 0 aromatic rings. The maximum Gasteiger partial charge on any atom is 0.410 e. The molecule has 2 aliphatic heterocycles. The molecule has 21 heavy (non-hydrogen) atoms. The summed E-state index contributed by atoms with van der Waals surface area (Å²) in [5.41, 5.74) is -0.428. The number of piperidine rings is 2. The topological polar surface area (TPSA) is 50.8 Å². The SMILES string of the molecule is CC1CN(C(=O)OC(C)(C)C)CCC1OC1CCNCC1. The van der Waals surface area contributed by atoms with Gasteiger partial charge in [-0.2, -0.15) is 0 Å². The number of likely N-dealkylation sites (tertiary alicyclic amines) is 1. The molecule has 0 spiro atoms. The van der Waals surface area contributed by atoms with E-state index in [1.54, 1.807) is 0 Å². The predicted molar refractivity (Wildman–Crippen MR) is 82.4 cm³/mol. The van der Waals surface area contributed by atoms with Crippen molar-refractivity contribution in [3.05, 3.63) is 0 Å². The van der Waals surface area contributed by atoms with Crippen molar-refractivity contribution in [2.75, 3.05) is 26.2 Å². The van der Waals surface area contributed by atoms with Crippen LogP contribution < -0.4 is 5.32 Å². The fourth-order valence-corrected chi connectivity index (χ4v) is 3.00. The van der Waals surface area contributed by atoms with Gasteiger partial charge in [0.2, 0.25) is 0 Å². The normalized spacial score (nSPS) is 28.5. The lowest BCUT2D eigenvalue weighted by molar-refractivity contribution is -0.0796. The van der Waals surface area contributed by atoms with Crippen LogP contribution in [0.25, 0.3) is 0 Å². The number of rotatable bonds is 2. The molecule has 5 heteroatoms. The summed E-state index contributed by atoms with van der Waals surface area (Å²) in [7, 11) is 0. The molecular weight excluding hydrogens is 268 g/mol. The van der Waals surface area contributed by atoms with Gasteiger partial charge in [0.25, 0.3) is 0 Å². The van der Waals surface area contributed by atoms with E-state index in [1.807, 2.05) is 25.7 Å². The minimum atomic E-state index is -0.428. The number of carbonyl (C=O) groups is 1. The van der Waals surface area contributed by atoms with Crippen LogP contribution in [0, 0.1) is 5.92 Å². The monoisotopic (exact) mass is 298 g/mol. The lowest BCUT2D eigenvalue weighted by Crippen LogP contribution is -2.48. The Morgan fingerprint density at radius 1 is 1.19 bits per heavy atom. The zero-order chi connectivity index (χ0) is 15.5. The summed E-state index contributed by atoms with van der Waals surface area (Å²) in [5.74, 6) is 0.362. The van der Waals surface area contributed by atoms with Crippen LogP contribution in [0.15, 0.2) is 0 Å². The van der Waals surface area contributed by atoms with E-state index in [1.165, 1.54) is 0 Å². The molecule has 2 fully saturated rings. The van der Waals surface area contributed by atoms with Gasteiger partial charge in [-0.05, 0) is 53.1 Å². The molecule has 1 amide bonds. The van der Waals surface area contributed by atoms with Crippen molar-refractivity contribution < 1.29 is 14.3 Å². The molecule has 0 aliphatic carbocycles. The summed E-state index contributed by atoms with van der Waals surface area (Å²) in [6.45, 7) is 11.4. The Kier molecular flexibility index (Phi) is 5.49. The molecule has 2 heterocycles. The fraction of sp³-hybridized carbons (Fsp3) is 0.938. The van der Waals surface area contributed by atoms with Crippen LogP contribution in [-0.2, 0) is 9.47 Å². The van der Waals surface area contributed by atoms with E-state index in [2.05, 4.69) is 12.2 Å². The van der Waals surface area contributed by atoms with Crippen LogP contribution >= 0.6 is 0 Å². The van der Waals surface area contributed by atoms with E-state index in [9.17, 15) is 4.79 Å². The Hall–Kier alpha value is -0.810. The van der Waals surface area contributed by atoms with Crippen molar-refractivity contribution >= 4 is 6.09 Å². The average Bonchev–Trinajstić information content (AvgIpc) is 2.40. The van der Waals surface area contributed by atoms with E-state index < -0.39 is 5.60 Å². The first-order chi connectivity index (χ1) is 9.85. The van der Waals surface area contributed by atoms with E-state index in [4.69, 9.17) is 9.47 Å². The Morgan fingerprint density at radius 2 is 1.86 bits per heavy atom. The number of hydrogen-bond acceptors (Lipinski definition) is 4. The minimum absolute atomic E-state index is 0.199. The van der Waals surface area contributed by atoms with Gasteiger partial charge >= 0.3 is 6.09 Å². The van der Waals surface area contributed by atoms with Gasteiger partial charge in [-0.1, -0.05) is 6.92 Å². The molecule has 0 radical (unpaired) electrons. The van der Waals surface area contributed by atoms with Gasteiger partial charge in [0.05, 0.1) is 12.2 Å². The first-order valence-electron chi connectivity index (χ1n) is 8.19. The molecule has 122 valence electrons. The van der Waals surface area contributed by atoms with Gasteiger partial charge in [0, 0.05) is 19.0 Å². The average molecular weight is 298 g/mol. The number of hydrogen-bond donors (Lipinski definition) is 1. The van der Waals surface area contributed by atoms with Gasteiger partial charge in [-0.3, -0.25) is 0 Å². The minimum Gasteiger partial charge on any atom is -0.444 e. The highest BCUT2D eigenvalue weighted by atomic mass is 16.6. The summed E-state index contributed by atoms with van der Waals surface area (Å²) in [5, 5.41) is 3.36. The Morgan fingerprint density at radius 3 is 2.43 bits per heavy atom. The molecule has 2 unspecified atom stereocenters. The standard InChI is InChI=1S/C16H30N2O3/c1-12-11-18(15(19)21-16(2,3)4)10-7-14(12)20-13-5-8-17-9-6-13/h12-14,17H,5-11H2,1-4H3. The lowest BCUT2D eigenvalue weighted by Gasteiger charge is -2.39. The number of amides is 1. The van der Waals surface area contributed by atoms with Gasteiger partial charge in [-0.15, -0.1) is 0 Å². The molecule has 1 N–H and O–H groups in total. The highest BCUT2D eigenvalue weighted by Crippen LogP contribution is 2.24. The molecule has 5 nitrogen and oxygen atoms in total. The van der Waals surface area contributed by atoms with Gasteiger partial charge in [0.1, 0.15) is 5.60 Å². The van der Waals surface area contributed by atoms with Crippen molar-refractivity contribution in [3.63, 3.8) is 0 Å². The second-order valence-corrected chi connectivity index (χ2v) is 7.32. The van der Waals surface area contributed by atoms with E-state index in [-0.39, 0.29) is 12.2 Å². The zero-order valence-corrected chi connectivity index (χ0v) is 13.9. The maximum absolute atomic E-state index is 12.1. The fourth-order valence-electron chi connectivity index (χ4n) is 3.00. The molecule has 0 saturated carbocycles. The summed E-state index contributed by atoms with van der Waals surface area (Å²) in [6, 6.07) is 0. The number of nitrogens with zero attached hydrogens (tertiary/aromatic N) is 1. The molecule has 2 rings (SSSR count). The quantitative estimate of drug-likeness (QED) is 0.850. The Balaban J connectivity index is 1.79. The molecule has 2 aliphatic rings. The van der Waals surface area contributed by atoms with Crippen LogP contribution in [0.3, 0.4) is 0 Å². The van der Waals surface area contributed by atoms with Crippen molar-refractivity contribution in [2.45, 2.75) is 64.8 Å². The number of carbonyl (C=O) groups excluding carboxylic acids is 1. The molecule has 2 saturated heterocycles. The molecular formula is C16H30N2O3. The molecule has 0 bridgehead atoms. The summed E-state index contributed by atoms with van der Waals surface area (Å²) >= 11 is 0. The van der Waals surface area contributed by atoms with Crippen molar-refractivity contribution in [1.29, 1.82) is 0 Å². The molecule has 0 aromatic heterocycles. The molecule has 0 aromatic carbocycles. The van der Waals surface area contributed by atoms with Crippen LogP contribution in [-0.4, -0.2) is 55.0 Å². The van der Waals surface area contributed by atoms with Crippen LogP contribution in [0.5, 0.6) is 0 Å². The molecule has 2 atom stereocenters. The van der Waals surface area contributed by atoms with E-state index in [0.717, 1.165) is 45.4 Å². The summed E-state index contributed by atoms with van der Waals surface area (Å²) in [6.07, 6.45) is 3.55. The van der Waals surface area contributed by atoms with Crippen LogP contribution in [0.4, 0.5) is 4.79 Å². The number of ether oxygens (including phenoxy) is 2.